The molecule has 0 aliphatic carbocycles. The van der Waals surface area contributed by atoms with Crippen LogP contribution in [-0.2, 0) is 11.3 Å². The van der Waals surface area contributed by atoms with E-state index in [0.717, 1.165) is 19.6 Å². The summed E-state index contributed by atoms with van der Waals surface area (Å²) in [5.41, 5.74) is 0.556. The zero-order valence-electron chi connectivity index (χ0n) is 10.3. The summed E-state index contributed by atoms with van der Waals surface area (Å²) in [7, 11) is 0. The molecule has 1 N–H and O–H groups in total. The van der Waals surface area contributed by atoms with Crippen molar-refractivity contribution in [1.82, 2.24) is 4.90 Å². The smallest absolute Gasteiger partial charge is 0.310 e. The van der Waals surface area contributed by atoms with Crippen LogP contribution >= 0.6 is 11.6 Å². The largest absolute Gasteiger partial charge is 0.481 e. The van der Waals surface area contributed by atoms with E-state index < -0.39 is 11.4 Å². The number of nitrogens with zero attached hydrogens (tertiary/aromatic N) is 1. The van der Waals surface area contributed by atoms with Crippen LogP contribution in [0.5, 0.6) is 0 Å². The molecule has 0 radical (unpaired) electrons. The summed E-state index contributed by atoms with van der Waals surface area (Å²) < 4.78 is 0. The zero-order chi connectivity index (χ0) is 13.0. The van der Waals surface area contributed by atoms with E-state index in [9.17, 15) is 9.90 Å². The standard InChI is InChI=1S/C14H18ClNO2/c15-11-14(13(17)18)6-8-16(9-7-14)10-12-4-2-1-3-5-12/h1-5H,6-11H2,(H,17,18). The summed E-state index contributed by atoms with van der Waals surface area (Å²) in [6, 6.07) is 10.3. The lowest BCUT2D eigenvalue weighted by Gasteiger charge is -2.37. The normalized spacial score (nSPS) is 19.6. The predicted octanol–water partition coefficient (Wildman–Crippen LogP) is 2.59. The molecule has 1 heterocycles. The van der Waals surface area contributed by atoms with Crippen molar-refractivity contribution < 1.29 is 9.90 Å². The average molecular weight is 268 g/mol. The Balaban J connectivity index is 1.93. The Hall–Kier alpha value is -1.06. The third-order valence-corrected chi connectivity index (χ3v) is 4.28. The minimum atomic E-state index is -0.753. The monoisotopic (exact) mass is 267 g/mol. The van der Waals surface area contributed by atoms with E-state index in [1.54, 1.807) is 0 Å². The Morgan fingerprint density at radius 2 is 1.89 bits per heavy atom. The molecule has 1 aliphatic rings. The number of benzene rings is 1. The third kappa shape index (κ3) is 2.85. The molecule has 0 bridgehead atoms. The SMILES string of the molecule is O=C(O)C1(CCl)CCN(Cc2ccccc2)CC1. The summed E-state index contributed by atoms with van der Waals surface area (Å²) in [4.78, 5) is 13.6. The molecule has 0 saturated carbocycles. The third-order valence-electron chi connectivity index (χ3n) is 3.77. The fraction of sp³-hybridized carbons (Fsp3) is 0.500. The van der Waals surface area contributed by atoms with Gasteiger partial charge in [-0.3, -0.25) is 9.69 Å². The number of hydrogen-bond donors (Lipinski definition) is 1. The van der Waals surface area contributed by atoms with Gasteiger partial charge in [-0.05, 0) is 31.5 Å². The Kier molecular flexibility index (Phi) is 4.25. The van der Waals surface area contributed by atoms with E-state index in [-0.39, 0.29) is 5.88 Å². The molecule has 4 heteroatoms. The van der Waals surface area contributed by atoms with Crippen molar-refractivity contribution in [2.75, 3.05) is 19.0 Å². The first-order chi connectivity index (χ1) is 8.66. The molecule has 0 atom stereocenters. The highest BCUT2D eigenvalue weighted by Gasteiger charge is 2.40. The predicted molar refractivity (Wildman–Crippen MR) is 71.7 cm³/mol. The van der Waals surface area contributed by atoms with Crippen molar-refractivity contribution in [3.05, 3.63) is 35.9 Å². The van der Waals surface area contributed by atoms with Crippen LogP contribution in [-0.4, -0.2) is 34.9 Å². The van der Waals surface area contributed by atoms with Crippen LogP contribution < -0.4 is 0 Å². The number of piperidine rings is 1. The Morgan fingerprint density at radius 1 is 1.28 bits per heavy atom. The highest BCUT2D eigenvalue weighted by Crippen LogP contribution is 2.33. The van der Waals surface area contributed by atoms with Crippen molar-refractivity contribution in [2.24, 2.45) is 5.41 Å². The van der Waals surface area contributed by atoms with Crippen LogP contribution in [0.15, 0.2) is 30.3 Å². The number of carboxylic acids is 1. The van der Waals surface area contributed by atoms with E-state index in [4.69, 9.17) is 11.6 Å². The Bertz CT molecular complexity index is 400. The Labute approximate surface area is 112 Å². The summed E-state index contributed by atoms with van der Waals surface area (Å²) in [6.45, 7) is 2.49. The maximum atomic E-state index is 11.3. The second-order valence-electron chi connectivity index (χ2n) is 4.98. The van der Waals surface area contributed by atoms with Gasteiger partial charge in [-0.25, -0.2) is 0 Å². The second-order valence-corrected chi connectivity index (χ2v) is 5.25. The molecule has 3 nitrogen and oxygen atoms in total. The van der Waals surface area contributed by atoms with Crippen LogP contribution in [0.25, 0.3) is 0 Å². The molecule has 2 rings (SSSR count). The highest BCUT2D eigenvalue weighted by molar-refractivity contribution is 6.19. The van der Waals surface area contributed by atoms with Crippen LogP contribution in [0.2, 0.25) is 0 Å². The van der Waals surface area contributed by atoms with Crippen molar-refractivity contribution in [2.45, 2.75) is 19.4 Å². The molecule has 1 fully saturated rings. The lowest BCUT2D eigenvalue weighted by Crippen LogP contribution is -2.45. The molecule has 1 aromatic carbocycles. The first kappa shape index (κ1) is 13.4. The molecule has 1 aliphatic heterocycles. The molecular formula is C14H18ClNO2. The fourth-order valence-corrected chi connectivity index (χ4v) is 2.77. The first-order valence-electron chi connectivity index (χ1n) is 6.22. The molecule has 0 unspecified atom stereocenters. The lowest BCUT2D eigenvalue weighted by atomic mass is 9.80. The zero-order valence-corrected chi connectivity index (χ0v) is 11.1. The molecule has 0 aromatic heterocycles. The van der Waals surface area contributed by atoms with Gasteiger partial charge in [-0.2, -0.15) is 0 Å². The maximum absolute atomic E-state index is 11.3. The topological polar surface area (TPSA) is 40.5 Å². The van der Waals surface area contributed by atoms with E-state index in [1.165, 1.54) is 5.56 Å². The number of hydrogen-bond acceptors (Lipinski definition) is 2. The number of rotatable bonds is 4. The fourth-order valence-electron chi connectivity index (χ4n) is 2.39. The number of carboxylic acid groups (broad SMARTS) is 1. The van der Waals surface area contributed by atoms with Gasteiger partial charge < -0.3 is 5.11 Å². The minimum absolute atomic E-state index is 0.210. The van der Waals surface area contributed by atoms with Crippen LogP contribution in [0.4, 0.5) is 0 Å². The summed E-state index contributed by atoms with van der Waals surface area (Å²) in [5.74, 6) is -0.543. The van der Waals surface area contributed by atoms with Gasteiger partial charge in [0, 0.05) is 12.4 Å². The minimum Gasteiger partial charge on any atom is -0.481 e. The van der Waals surface area contributed by atoms with E-state index in [1.807, 2.05) is 18.2 Å². The molecular weight excluding hydrogens is 250 g/mol. The van der Waals surface area contributed by atoms with Gasteiger partial charge in [-0.15, -0.1) is 11.6 Å². The van der Waals surface area contributed by atoms with Gasteiger partial charge in [-0.1, -0.05) is 30.3 Å². The lowest BCUT2D eigenvalue weighted by molar-refractivity contribution is -0.150. The van der Waals surface area contributed by atoms with Crippen molar-refractivity contribution in [3.8, 4) is 0 Å². The average Bonchev–Trinajstić information content (AvgIpc) is 2.41. The molecule has 0 spiro atoms. The summed E-state index contributed by atoms with van der Waals surface area (Å²) >= 11 is 5.84. The Morgan fingerprint density at radius 3 is 2.39 bits per heavy atom. The van der Waals surface area contributed by atoms with Gasteiger partial charge >= 0.3 is 5.97 Å². The first-order valence-corrected chi connectivity index (χ1v) is 6.75. The number of carbonyl (C=O) groups is 1. The van der Waals surface area contributed by atoms with Crippen LogP contribution in [0, 0.1) is 5.41 Å². The van der Waals surface area contributed by atoms with Crippen LogP contribution in [0.1, 0.15) is 18.4 Å². The van der Waals surface area contributed by atoms with Gasteiger partial charge in [0.2, 0.25) is 0 Å². The van der Waals surface area contributed by atoms with E-state index >= 15 is 0 Å². The van der Waals surface area contributed by atoms with Crippen molar-refractivity contribution in [1.29, 1.82) is 0 Å². The summed E-state index contributed by atoms with van der Waals surface area (Å²) in [6.07, 6.45) is 1.28. The van der Waals surface area contributed by atoms with E-state index in [2.05, 4.69) is 17.0 Å². The molecule has 18 heavy (non-hydrogen) atoms. The quantitative estimate of drug-likeness (QED) is 0.853. The van der Waals surface area contributed by atoms with Crippen molar-refractivity contribution >= 4 is 17.6 Å². The van der Waals surface area contributed by atoms with Gasteiger partial charge in [0.25, 0.3) is 0 Å². The number of aliphatic carboxylic acids is 1. The second kappa shape index (κ2) is 5.72. The van der Waals surface area contributed by atoms with Gasteiger partial charge in [0.15, 0.2) is 0 Å². The molecule has 0 amide bonds. The maximum Gasteiger partial charge on any atom is 0.310 e. The number of alkyl halides is 1. The van der Waals surface area contributed by atoms with Gasteiger partial charge in [0.1, 0.15) is 0 Å². The van der Waals surface area contributed by atoms with Crippen LogP contribution in [0.3, 0.4) is 0 Å². The van der Waals surface area contributed by atoms with Gasteiger partial charge in [0.05, 0.1) is 5.41 Å². The molecule has 98 valence electrons. The summed E-state index contributed by atoms with van der Waals surface area (Å²) in [5, 5.41) is 9.26. The molecule has 1 saturated heterocycles. The molecule has 1 aromatic rings. The highest BCUT2D eigenvalue weighted by atomic mass is 35.5. The van der Waals surface area contributed by atoms with E-state index in [0.29, 0.717) is 12.8 Å². The number of halogens is 1. The number of likely N-dealkylation sites (tertiary alicyclic amines) is 1. The van der Waals surface area contributed by atoms with Crippen molar-refractivity contribution in [3.63, 3.8) is 0 Å².